The van der Waals surface area contributed by atoms with Crippen LogP contribution in [0.3, 0.4) is 0 Å². The second kappa shape index (κ2) is 8.84. The van der Waals surface area contributed by atoms with E-state index < -0.39 is 0 Å². The summed E-state index contributed by atoms with van der Waals surface area (Å²) in [6.45, 7) is 4.16. The van der Waals surface area contributed by atoms with E-state index in [1.54, 1.807) is 11.8 Å². The minimum absolute atomic E-state index is 0.225. The van der Waals surface area contributed by atoms with E-state index in [2.05, 4.69) is 47.1 Å². The highest BCUT2D eigenvalue weighted by molar-refractivity contribution is 7.98. The summed E-state index contributed by atoms with van der Waals surface area (Å²) in [7, 11) is 0. The molecule has 130 valence electrons. The van der Waals surface area contributed by atoms with E-state index in [0.29, 0.717) is 0 Å². The molecule has 0 atom stereocenters. The van der Waals surface area contributed by atoms with Crippen molar-refractivity contribution in [3.05, 3.63) is 90.4 Å². The molecule has 0 aliphatic carbocycles. The number of nitrogens with zero attached hydrogens (tertiary/aromatic N) is 2. The van der Waals surface area contributed by atoms with E-state index in [-0.39, 0.29) is 5.28 Å². The van der Waals surface area contributed by atoms with Gasteiger partial charge >= 0.3 is 0 Å². The van der Waals surface area contributed by atoms with Crippen molar-refractivity contribution in [3.63, 3.8) is 0 Å². The van der Waals surface area contributed by atoms with E-state index in [0.717, 1.165) is 39.0 Å². The fourth-order valence-corrected chi connectivity index (χ4v) is 3.17. The van der Waals surface area contributed by atoms with Gasteiger partial charge in [-0.05, 0) is 29.0 Å². The van der Waals surface area contributed by atoms with E-state index in [4.69, 9.17) is 11.6 Å². The number of para-hydroxylation sites is 1. The number of hydrogen-bond acceptors (Lipinski definition) is 3. The highest BCUT2D eigenvalue weighted by Gasteiger charge is 2.12. The number of thioether (sulfide) groups is 1. The fraction of sp³-hybridized carbons (Fsp3) is 0.0909. The maximum absolute atomic E-state index is 6.23. The van der Waals surface area contributed by atoms with Crippen molar-refractivity contribution < 1.29 is 0 Å². The quantitative estimate of drug-likeness (QED) is 0.364. The van der Waals surface area contributed by atoms with Crippen molar-refractivity contribution in [2.24, 2.45) is 0 Å². The standard InChI is InChI=1S/C22H19ClN2S/c1-16(10-5-4-8-15-26-2)20-19-14-9-13-18(17-11-6-3-7-12-17)21(19)25-22(23)24-20/h3-14H,1,15H2,2H3/b8-4-,10-5-. The molecule has 0 unspecified atom stereocenters. The van der Waals surface area contributed by atoms with Crippen LogP contribution in [0.2, 0.25) is 5.28 Å². The maximum atomic E-state index is 6.23. The lowest BCUT2D eigenvalue weighted by Gasteiger charge is -2.10. The molecule has 2 nitrogen and oxygen atoms in total. The van der Waals surface area contributed by atoms with Crippen LogP contribution in [-0.4, -0.2) is 22.0 Å². The Hall–Kier alpha value is -2.36. The molecule has 4 heteroatoms. The molecule has 1 aromatic heterocycles. The predicted octanol–water partition coefficient (Wildman–Crippen LogP) is 6.44. The second-order valence-electron chi connectivity index (χ2n) is 5.68. The van der Waals surface area contributed by atoms with Gasteiger partial charge in [0, 0.05) is 16.7 Å². The summed E-state index contributed by atoms with van der Waals surface area (Å²) in [6, 6.07) is 16.2. The minimum Gasteiger partial charge on any atom is -0.217 e. The Balaban J connectivity index is 2.06. The third-order valence-corrected chi connectivity index (χ3v) is 4.59. The average Bonchev–Trinajstić information content (AvgIpc) is 2.67. The van der Waals surface area contributed by atoms with Gasteiger partial charge in [-0.15, -0.1) is 0 Å². The largest absolute Gasteiger partial charge is 0.223 e. The number of aromatic nitrogens is 2. The zero-order valence-corrected chi connectivity index (χ0v) is 16.1. The molecule has 2 aromatic carbocycles. The topological polar surface area (TPSA) is 25.8 Å². The van der Waals surface area contributed by atoms with Crippen molar-refractivity contribution in [3.8, 4) is 11.1 Å². The summed E-state index contributed by atoms with van der Waals surface area (Å²) >= 11 is 8.00. The van der Waals surface area contributed by atoms with Crippen molar-refractivity contribution in [2.45, 2.75) is 0 Å². The van der Waals surface area contributed by atoms with Crippen LogP contribution < -0.4 is 0 Å². The molecule has 0 saturated carbocycles. The van der Waals surface area contributed by atoms with Crippen molar-refractivity contribution in [1.29, 1.82) is 0 Å². The monoisotopic (exact) mass is 378 g/mol. The van der Waals surface area contributed by atoms with Gasteiger partial charge in [-0.2, -0.15) is 11.8 Å². The first kappa shape index (κ1) is 18.4. The first-order valence-electron chi connectivity index (χ1n) is 8.24. The molecule has 3 aromatic rings. The molecule has 3 rings (SSSR count). The van der Waals surface area contributed by atoms with E-state index in [1.807, 2.05) is 48.6 Å². The van der Waals surface area contributed by atoms with Crippen LogP contribution in [0.25, 0.3) is 27.6 Å². The van der Waals surface area contributed by atoms with Gasteiger partial charge in [-0.1, -0.05) is 79.4 Å². The summed E-state index contributed by atoms with van der Waals surface area (Å²) in [5.74, 6) is 0.986. The van der Waals surface area contributed by atoms with Crippen LogP contribution in [0, 0.1) is 0 Å². The first-order valence-corrected chi connectivity index (χ1v) is 10.0. The van der Waals surface area contributed by atoms with Gasteiger partial charge < -0.3 is 0 Å². The Morgan fingerprint density at radius 2 is 1.88 bits per heavy atom. The summed E-state index contributed by atoms with van der Waals surface area (Å²) in [5, 5.41) is 1.17. The van der Waals surface area contributed by atoms with Crippen LogP contribution in [-0.2, 0) is 0 Å². The summed E-state index contributed by atoms with van der Waals surface area (Å²) in [6.07, 6.45) is 10.1. The number of hydrogen-bond donors (Lipinski definition) is 0. The molecule has 0 N–H and O–H groups in total. The van der Waals surface area contributed by atoms with Gasteiger partial charge in [0.2, 0.25) is 5.28 Å². The minimum atomic E-state index is 0.225. The third-order valence-electron chi connectivity index (χ3n) is 3.90. The van der Waals surface area contributed by atoms with Crippen molar-refractivity contribution in [2.75, 3.05) is 12.0 Å². The van der Waals surface area contributed by atoms with E-state index in [9.17, 15) is 0 Å². The van der Waals surface area contributed by atoms with Crippen molar-refractivity contribution in [1.82, 2.24) is 9.97 Å². The third kappa shape index (κ3) is 4.24. The zero-order chi connectivity index (χ0) is 18.4. The second-order valence-corrected chi connectivity index (χ2v) is 6.93. The van der Waals surface area contributed by atoms with Crippen LogP contribution >= 0.6 is 23.4 Å². The summed E-state index contributed by atoms with van der Waals surface area (Å²) in [5.41, 5.74) is 4.53. The Kier molecular flexibility index (Phi) is 6.26. The van der Waals surface area contributed by atoms with Gasteiger partial charge in [-0.25, -0.2) is 9.97 Å². The molecular weight excluding hydrogens is 360 g/mol. The molecule has 1 heterocycles. The highest BCUT2D eigenvalue weighted by atomic mass is 35.5. The lowest BCUT2D eigenvalue weighted by atomic mass is 9.99. The molecule has 0 fully saturated rings. The van der Waals surface area contributed by atoms with Gasteiger partial charge in [0.05, 0.1) is 11.2 Å². The Morgan fingerprint density at radius 3 is 2.65 bits per heavy atom. The number of benzene rings is 2. The Morgan fingerprint density at radius 1 is 1.08 bits per heavy atom. The maximum Gasteiger partial charge on any atom is 0.223 e. The number of rotatable bonds is 6. The van der Waals surface area contributed by atoms with E-state index >= 15 is 0 Å². The van der Waals surface area contributed by atoms with Crippen LogP contribution in [0.1, 0.15) is 5.69 Å². The Bertz CT molecular complexity index is 978. The van der Waals surface area contributed by atoms with Crippen LogP contribution in [0.15, 0.2) is 79.4 Å². The number of fused-ring (bicyclic) bond motifs is 1. The van der Waals surface area contributed by atoms with Crippen molar-refractivity contribution >= 4 is 39.8 Å². The summed E-state index contributed by atoms with van der Waals surface area (Å²) in [4.78, 5) is 8.91. The zero-order valence-electron chi connectivity index (χ0n) is 14.5. The lowest BCUT2D eigenvalue weighted by molar-refractivity contribution is 1.20. The van der Waals surface area contributed by atoms with Crippen LogP contribution in [0.4, 0.5) is 0 Å². The molecule has 0 spiro atoms. The summed E-state index contributed by atoms with van der Waals surface area (Å²) < 4.78 is 0. The van der Waals surface area contributed by atoms with Gasteiger partial charge in [0.1, 0.15) is 0 Å². The molecule has 0 aliphatic rings. The molecule has 0 saturated heterocycles. The van der Waals surface area contributed by atoms with E-state index in [1.165, 1.54) is 0 Å². The molecular formula is C22H19ClN2S. The van der Waals surface area contributed by atoms with Crippen LogP contribution in [0.5, 0.6) is 0 Å². The SMILES string of the molecule is C=C(/C=C\C=C/CSC)c1nc(Cl)nc2c(-c3ccccc3)cccc12. The molecule has 0 amide bonds. The molecule has 0 bridgehead atoms. The molecule has 0 aliphatic heterocycles. The average molecular weight is 379 g/mol. The number of allylic oxidation sites excluding steroid dienone is 4. The molecule has 26 heavy (non-hydrogen) atoms. The Labute approximate surface area is 163 Å². The molecule has 0 radical (unpaired) electrons. The highest BCUT2D eigenvalue weighted by Crippen LogP contribution is 2.31. The first-order chi connectivity index (χ1) is 12.7. The normalized spacial score (nSPS) is 11.6. The van der Waals surface area contributed by atoms with Gasteiger partial charge in [-0.3, -0.25) is 0 Å². The lowest BCUT2D eigenvalue weighted by Crippen LogP contribution is -1.95. The number of halogens is 1. The smallest absolute Gasteiger partial charge is 0.217 e. The van der Waals surface area contributed by atoms with Gasteiger partial charge in [0.15, 0.2) is 0 Å². The predicted molar refractivity (Wildman–Crippen MR) is 116 cm³/mol. The fourth-order valence-electron chi connectivity index (χ4n) is 2.70. The van der Waals surface area contributed by atoms with Gasteiger partial charge in [0.25, 0.3) is 0 Å².